The lowest BCUT2D eigenvalue weighted by atomic mass is 10.1. The lowest BCUT2D eigenvalue weighted by Gasteiger charge is -2.27. The van der Waals surface area contributed by atoms with Gasteiger partial charge < -0.3 is 15.0 Å². The lowest BCUT2D eigenvalue weighted by molar-refractivity contribution is -0.119. The van der Waals surface area contributed by atoms with Gasteiger partial charge in [0.2, 0.25) is 11.9 Å². The fraction of sp³-hybridized carbons (Fsp3) is 0.474. The molecule has 1 aromatic heterocycles. The maximum Gasteiger partial charge on any atom is 0.321 e. The third-order valence-corrected chi connectivity index (χ3v) is 5.68. The number of nitrogens with zero attached hydrogens (tertiary/aromatic N) is 4. The van der Waals surface area contributed by atoms with Crippen molar-refractivity contribution >= 4 is 29.6 Å². The average Bonchev–Trinajstić information content (AvgIpc) is 3.16. The van der Waals surface area contributed by atoms with Crippen LogP contribution in [0.3, 0.4) is 0 Å². The van der Waals surface area contributed by atoms with Crippen LogP contribution in [0, 0.1) is 0 Å². The van der Waals surface area contributed by atoms with E-state index in [1.54, 1.807) is 6.92 Å². The van der Waals surface area contributed by atoms with Gasteiger partial charge in [-0.25, -0.2) is 4.79 Å². The molecule has 1 atom stereocenters. The highest BCUT2D eigenvalue weighted by molar-refractivity contribution is 8.00. The number of rotatable bonds is 7. The molecule has 0 spiro atoms. The van der Waals surface area contributed by atoms with Gasteiger partial charge in [0.15, 0.2) is 5.16 Å². The van der Waals surface area contributed by atoms with E-state index in [-0.39, 0.29) is 0 Å². The molecular formula is C19H26N6O3S. The van der Waals surface area contributed by atoms with E-state index in [0.717, 1.165) is 24.6 Å². The molecule has 1 aromatic carbocycles. The van der Waals surface area contributed by atoms with E-state index in [0.29, 0.717) is 31.5 Å². The first-order chi connectivity index (χ1) is 14.1. The Labute approximate surface area is 174 Å². The zero-order valence-corrected chi connectivity index (χ0v) is 17.4. The number of ether oxygens (including phenoxy) is 1. The first kappa shape index (κ1) is 21.1. The van der Waals surface area contributed by atoms with Crippen molar-refractivity contribution < 1.29 is 14.3 Å². The second-order valence-corrected chi connectivity index (χ2v) is 7.46. The van der Waals surface area contributed by atoms with E-state index >= 15 is 0 Å². The lowest BCUT2D eigenvalue weighted by Crippen LogP contribution is -2.41. The Morgan fingerprint density at radius 1 is 1.17 bits per heavy atom. The summed E-state index contributed by atoms with van der Waals surface area (Å²) in [6.45, 7) is 7.73. The molecule has 1 aliphatic rings. The standard InChI is InChI=1S/C19H26N6O3S/c1-3-20-17(27)21-16(26)15(14-8-6-5-7-9-14)29-19-23-22-18(25(19)4-2)24-10-12-28-13-11-24/h5-9,15H,3-4,10-13H2,1-2H3,(H2,20,21,26,27)/t15-/m0/s1. The van der Waals surface area contributed by atoms with E-state index in [2.05, 4.69) is 25.7 Å². The van der Waals surface area contributed by atoms with Gasteiger partial charge in [0, 0.05) is 26.2 Å². The Morgan fingerprint density at radius 3 is 2.55 bits per heavy atom. The summed E-state index contributed by atoms with van der Waals surface area (Å²) in [6, 6.07) is 8.84. The minimum Gasteiger partial charge on any atom is -0.378 e. The van der Waals surface area contributed by atoms with Gasteiger partial charge in [0.25, 0.3) is 0 Å². The summed E-state index contributed by atoms with van der Waals surface area (Å²) < 4.78 is 7.41. The van der Waals surface area contributed by atoms with Gasteiger partial charge in [-0.3, -0.25) is 14.7 Å². The van der Waals surface area contributed by atoms with Gasteiger partial charge >= 0.3 is 6.03 Å². The van der Waals surface area contributed by atoms with Crippen molar-refractivity contribution in [2.45, 2.75) is 30.8 Å². The van der Waals surface area contributed by atoms with Gasteiger partial charge in [0.05, 0.1) is 13.2 Å². The quantitative estimate of drug-likeness (QED) is 0.661. The second kappa shape index (κ2) is 10.3. The molecule has 0 saturated carbocycles. The number of aromatic nitrogens is 3. The predicted molar refractivity (Wildman–Crippen MR) is 111 cm³/mol. The largest absolute Gasteiger partial charge is 0.378 e. The van der Waals surface area contributed by atoms with Crippen LogP contribution in [0.1, 0.15) is 24.7 Å². The molecule has 9 nitrogen and oxygen atoms in total. The minimum absolute atomic E-state index is 0.397. The third-order valence-electron chi connectivity index (χ3n) is 4.45. The van der Waals surface area contributed by atoms with Crippen LogP contribution in [0.2, 0.25) is 0 Å². The van der Waals surface area contributed by atoms with Gasteiger partial charge in [0.1, 0.15) is 5.25 Å². The molecule has 10 heteroatoms. The molecule has 2 N–H and O–H groups in total. The molecule has 0 unspecified atom stereocenters. The number of benzene rings is 1. The van der Waals surface area contributed by atoms with Gasteiger partial charge in [-0.2, -0.15) is 0 Å². The van der Waals surface area contributed by atoms with E-state index in [4.69, 9.17) is 4.74 Å². The van der Waals surface area contributed by atoms with E-state index in [1.165, 1.54) is 11.8 Å². The summed E-state index contributed by atoms with van der Waals surface area (Å²) in [5.74, 6) is 0.375. The van der Waals surface area contributed by atoms with Crippen LogP contribution >= 0.6 is 11.8 Å². The Balaban J connectivity index is 1.85. The molecular weight excluding hydrogens is 392 g/mol. The SMILES string of the molecule is CCNC(=O)NC(=O)[C@@H](Sc1nnc(N2CCOCC2)n1CC)c1ccccc1. The molecule has 3 amide bonds. The van der Waals surface area contributed by atoms with Crippen LogP contribution < -0.4 is 15.5 Å². The Hall–Kier alpha value is -2.59. The van der Waals surface area contributed by atoms with Crippen LogP contribution in [0.5, 0.6) is 0 Å². The topological polar surface area (TPSA) is 101 Å². The Morgan fingerprint density at radius 2 is 1.90 bits per heavy atom. The zero-order chi connectivity index (χ0) is 20.6. The molecule has 1 aliphatic heterocycles. The number of amides is 3. The number of urea groups is 1. The number of morpholine rings is 1. The van der Waals surface area contributed by atoms with Crippen LogP contribution in [-0.2, 0) is 16.1 Å². The summed E-state index contributed by atoms with van der Waals surface area (Å²) in [6.07, 6.45) is 0. The number of carbonyl (C=O) groups excluding carboxylic acids is 2. The maximum absolute atomic E-state index is 12.9. The highest BCUT2D eigenvalue weighted by atomic mass is 32.2. The summed E-state index contributed by atoms with van der Waals surface area (Å²) in [7, 11) is 0. The van der Waals surface area contributed by atoms with Gasteiger partial charge in [-0.05, 0) is 19.4 Å². The van der Waals surface area contributed by atoms with Gasteiger partial charge in [-0.1, -0.05) is 42.1 Å². The molecule has 1 fully saturated rings. The molecule has 0 radical (unpaired) electrons. The molecule has 29 heavy (non-hydrogen) atoms. The second-order valence-electron chi connectivity index (χ2n) is 6.38. The first-order valence-corrected chi connectivity index (χ1v) is 10.6. The number of anilines is 1. The van der Waals surface area contributed by atoms with Crippen molar-refractivity contribution in [1.29, 1.82) is 0 Å². The minimum atomic E-state index is -0.633. The first-order valence-electron chi connectivity index (χ1n) is 9.70. The monoisotopic (exact) mass is 418 g/mol. The maximum atomic E-state index is 12.9. The van der Waals surface area contributed by atoms with E-state index in [9.17, 15) is 9.59 Å². The summed E-state index contributed by atoms with van der Waals surface area (Å²) >= 11 is 1.29. The fourth-order valence-electron chi connectivity index (χ4n) is 3.03. The van der Waals surface area contributed by atoms with Crippen molar-refractivity contribution in [2.24, 2.45) is 0 Å². The highest BCUT2D eigenvalue weighted by Gasteiger charge is 2.28. The van der Waals surface area contributed by atoms with Crippen molar-refractivity contribution in [2.75, 3.05) is 37.7 Å². The molecule has 0 bridgehead atoms. The Bertz CT molecular complexity index is 823. The smallest absolute Gasteiger partial charge is 0.321 e. The number of thioether (sulfide) groups is 1. The Kier molecular flexibility index (Phi) is 7.48. The van der Waals surface area contributed by atoms with Crippen molar-refractivity contribution in [3.63, 3.8) is 0 Å². The fourth-order valence-corrected chi connectivity index (χ4v) is 4.13. The van der Waals surface area contributed by atoms with Crippen LogP contribution in [-0.4, -0.2) is 59.6 Å². The van der Waals surface area contributed by atoms with Crippen molar-refractivity contribution in [1.82, 2.24) is 25.4 Å². The summed E-state index contributed by atoms with van der Waals surface area (Å²) in [4.78, 5) is 26.9. The van der Waals surface area contributed by atoms with Crippen LogP contribution in [0.15, 0.2) is 35.5 Å². The molecule has 2 heterocycles. The summed E-state index contributed by atoms with van der Waals surface area (Å²) in [5.41, 5.74) is 0.790. The van der Waals surface area contributed by atoms with E-state index < -0.39 is 17.2 Å². The number of nitrogens with one attached hydrogen (secondary N) is 2. The normalized spacial score (nSPS) is 15.0. The van der Waals surface area contributed by atoms with Gasteiger partial charge in [-0.15, -0.1) is 10.2 Å². The summed E-state index contributed by atoms with van der Waals surface area (Å²) in [5, 5.41) is 13.7. The number of imide groups is 1. The highest BCUT2D eigenvalue weighted by Crippen LogP contribution is 2.36. The average molecular weight is 419 g/mol. The van der Waals surface area contributed by atoms with Crippen molar-refractivity contribution in [3.8, 4) is 0 Å². The van der Waals surface area contributed by atoms with Crippen LogP contribution in [0.25, 0.3) is 0 Å². The molecule has 2 aromatic rings. The zero-order valence-electron chi connectivity index (χ0n) is 16.6. The third kappa shape index (κ3) is 5.27. The van der Waals surface area contributed by atoms with Crippen molar-refractivity contribution in [3.05, 3.63) is 35.9 Å². The molecule has 156 valence electrons. The number of hydrogen-bond donors (Lipinski definition) is 2. The number of hydrogen-bond acceptors (Lipinski definition) is 7. The molecule has 0 aliphatic carbocycles. The molecule has 1 saturated heterocycles. The number of carbonyl (C=O) groups is 2. The van der Waals surface area contributed by atoms with Crippen LogP contribution in [0.4, 0.5) is 10.7 Å². The van der Waals surface area contributed by atoms with E-state index in [1.807, 2.05) is 41.8 Å². The molecule has 3 rings (SSSR count). The predicted octanol–water partition coefficient (Wildman–Crippen LogP) is 1.81.